The van der Waals surface area contributed by atoms with Crippen molar-refractivity contribution in [1.29, 1.82) is 0 Å². The molecule has 1 amide bonds. The lowest BCUT2D eigenvalue weighted by molar-refractivity contribution is -0.128. The third-order valence-corrected chi connectivity index (χ3v) is 2.33. The molecule has 0 aromatic heterocycles. The van der Waals surface area contributed by atoms with E-state index in [1.807, 2.05) is 0 Å². The van der Waals surface area contributed by atoms with Crippen LogP contribution in [0.5, 0.6) is 5.75 Å². The SMILES string of the molecule is CCNC(=O)[C@@H](C)OC(=O)c1ccc(OC)cc1. The normalized spacial score (nSPS) is 11.5. The molecule has 0 unspecified atom stereocenters. The summed E-state index contributed by atoms with van der Waals surface area (Å²) in [6.45, 7) is 3.84. The van der Waals surface area contributed by atoms with Crippen LogP contribution in [0.1, 0.15) is 24.2 Å². The molecule has 1 rings (SSSR count). The van der Waals surface area contributed by atoms with Gasteiger partial charge in [0.15, 0.2) is 6.10 Å². The number of ether oxygens (including phenoxy) is 2. The van der Waals surface area contributed by atoms with Gasteiger partial charge in [0.2, 0.25) is 0 Å². The highest BCUT2D eigenvalue weighted by molar-refractivity contribution is 5.92. The standard InChI is InChI=1S/C13H17NO4/c1-4-14-12(15)9(2)18-13(16)10-5-7-11(17-3)8-6-10/h5-9H,4H2,1-3H3,(H,14,15)/t9-/m1/s1. The predicted molar refractivity (Wildman–Crippen MR) is 66.6 cm³/mol. The summed E-state index contributed by atoms with van der Waals surface area (Å²) in [6.07, 6.45) is -0.806. The summed E-state index contributed by atoms with van der Waals surface area (Å²) in [6, 6.07) is 6.50. The van der Waals surface area contributed by atoms with Crippen LogP contribution in [0.25, 0.3) is 0 Å². The van der Waals surface area contributed by atoms with Crippen molar-refractivity contribution in [2.45, 2.75) is 20.0 Å². The summed E-state index contributed by atoms with van der Waals surface area (Å²) in [5, 5.41) is 2.58. The van der Waals surface area contributed by atoms with Gasteiger partial charge in [-0.1, -0.05) is 0 Å². The third-order valence-electron chi connectivity index (χ3n) is 2.33. The van der Waals surface area contributed by atoms with Crippen molar-refractivity contribution in [2.24, 2.45) is 0 Å². The molecule has 1 N–H and O–H groups in total. The Morgan fingerprint density at radius 3 is 2.39 bits per heavy atom. The molecule has 0 bridgehead atoms. The summed E-state index contributed by atoms with van der Waals surface area (Å²) in [5.41, 5.74) is 0.381. The molecule has 0 saturated carbocycles. The lowest BCUT2D eigenvalue weighted by atomic mass is 10.2. The largest absolute Gasteiger partial charge is 0.497 e. The zero-order valence-electron chi connectivity index (χ0n) is 10.7. The van der Waals surface area contributed by atoms with E-state index in [4.69, 9.17) is 9.47 Å². The van der Waals surface area contributed by atoms with E-state index in [0.717, 1.165) is 0 Å². The Morgan fingerprint density at radius 1 is 1.28 bits per heavy atom. The molecular formula is C13H17NO4. The number of hydrogen-bond donors (Lipinski definition) is 1. The Balaban J connectivity index is 2.61. The van der Waals surface area contributed by atoms with E-state index in [1.54, 1.807) is 38.3 Å². The van der Waals surface area contributed by atoms with Crippen molar-refractivity contribution in [3.8, 4) is 5.75 Å². The second kappa shape index (κ2) is 6.64. The Bertz CT molecular complexity index is 414. The quantitative estimate of drug-likeness (QED) is 0.803. The Kier molecular flexibility index (Phi) is 5.17. The van der Waals surface area contributed by atoms with Gasteiger partial charge < -0.3 is 14.8 Å². The number of amides is 1. The van der Waals surface area contributed by atoms with Crippen LogP contribution >= 0.6 is 0 Å². The van der Waals surface area contributed by atoms with Gasteiger partial charge in [-0.25, -0.2) is 4.79 Å². The van der Waals surface area contributed by atoms with E-state index in [0.29, 0.717) is 17.9 Å². The van der Waals surface area contributed by atoms with Gasteiger partial charge in [-0.15, -0.1) is 0 Å². The second-order valence-electron chi connectivity index (χ2n) is 3.67. The number of hydrogen-bond acceptors (Lipinski definition) is 4. The topological polar surface area (TPSA) is 64.6 Å². The molecule has 1 aromatic rings. The van der Waals surface area contributed by atoms with Crippen LogP contribution in [0.15, 0.2) is 24.3 Å². The number of likely N-dealkylation sites (N-methyl/N-ethyl adjacent to an activating group) is 1. The molecule has 5 heteroatoms. The fourth-order valence-electron chi connectivity index (χ4n) is 1.33. The van der Waals surface area contributed by atoms with Crippen molar-refractivity contribution < 1.29 is 19.1 Å². The number of carbonyl (C=O) groups is 2. The molecule has 98 valence electrons. The highest BCUT2D eigenvalue weighted by Crippen LogP contribution is 2.12. The second-order valence-corrected chi connectivity index (χ2v) is 3.67. The van der Waals surface area contributed by atoms with E-state index in [-0.39, 0.29) is 5.91 Å². The smallest absolute Gasteiger partial charge is 0.338 e. The average molecular weight is 251 g/mol. The maximum Gasteiger partial charge on any atom is 0.338 e. The summed E-state index contributed by atoms with van der Waals surface area (Å²) in [7, 11) is 1.55. The number of esters is 1. The fraction of sp³-hybridized carbons (Fsp3) is 0.385. The molecule has 0 radical (unpaired) electrons. The lowest BCUT2D eigenvalue weighted by Gasteiger charge is -2.12. The average Bonchev–Trinajstić information content (AvgIpc) is 2.39. The molecule has 0 aliphatic heterocycles. The monoisotopic (exact) mass is 251 g/mol. The molecule has 0 fully saturated rings. The van der Waals surface area contributed by atoms with Crippen LogP contribution in [0.4, 0.5) is 0 Å². The molecular weight excluding hydrogens is 234 g/mol. The summed E-state index contributed by atoms with van der Waals surface area (Å²) >= 11 is 0. The highest BCUT2D eigenvalue weighted by Gasteiger charge is 2.17. The summed E-state index contributed by atoms with van der Waals surface area (Å²) < 4.78 is 10.0. The van der Waals surface area contributed by atoms with Crippen LogP contribution in [0.3, 0.4) is 0 Å². The van der Waals surface area contributed by atoms with Gasteiger partial charge >= 0.3 is 5.97 Å². The van der Waals surface area contributed by atoms with Crippen LogP contribution in [0, 0.1) is 0 Å². The number of benzene rings is 1. The first kappa shape index (κ1) is 14.0. The van der Waals surface area contributed by atoms with E-state index in [9.17, 15) is 9.59 Å². The Hall–Kier alpha value is -2.04. The van der Waals surface area contributed by atoms with Crippen LogP contribution in [0.2, 0.25) is 0 Å². The van der Waals surface area contributed by atoms with E-state index >= 15 is 0 Å². The van der Waals surface area contributed by atoms with Crippen molar-refractivity contribution in [3.05, 3.63) is 29.8 Å². The van der Waals surface area contributed by atoms with Crippen molar-refractivity contribution in [1.82, 2.24) is 5.32 Å². The fourth-order valence-corrected chi connectivity index (χ4v) is 1.33. The lowest BCUT2D eigenvalue weighted by Crippen LogP contribution is -2.35. The molecule has 0 aliphatic carbocycles. The number of carbonyl (C=O) groups excluding carboxylic acids is 2. The van der Waals surface area contributed by atoms with E-state index in [2.05, 4.69) is 5.32 Å². The number of methoxy groups -OCH3 is 1. The number of rotatable bonds is 5. The Labute approximate surface area is 106 Å². The molecule has 0 saturated heterocycles. The molecule has 0 aliphatic rings. The minimum atomic E-state index is -0.806. The van der Waals surface area contributed by atoms with Gasteiger partial charge in [-0.05, 0) is 38.1 Å². The van der Waals surface area contributed by atoms with Gasteiger partial charge in [-0.3, -0.25) is 4.79 Å². The first-order chi connectivity index (χ1) is 8.58. The highest BCUT2D eigenvalue weighted by atomic mass is 16.5. The van der Waals surface area contributed by atoms with Crippen molar-refractivity contribution in [3.63, 3.8) is 0 Å². The van der Waals surface area contributed by atoms with Gasteiger partial charge in [0.25, 0.3) is 5.91 Å². The predicted octanol–water partition coefficient (Wildman–Crippen LogP) is 1.38. The molecule has 0 heterocycles. The minimum absolute atomic E-state index is 0.306. The third kappa shape index (κ3) is 3.76. The van der Waals surface area contributed by atoms with Crippen molar-refractivity contribution in [2.75, 3.05) is 13.7 Å². The zero-order chi connectivity index (χ0) is 13.5. The summed E-state index contributed by atoms with van der Waals surface area (Å²) in [4.78, 5) is 23.1. The van der Waals surface area contributed by atoms with Crippen LogP contribution in [-0.2, 0) is 9.53 Å². The van der Waals surface area contributed by atoms with Gasteiger partial charge in [0, 0.05) is 6.54 Å². The maximum atomic E-state index is 11.7. The van der Waals surface area contributed by atoms with Gasteiger partial charge in [0.1, 0.15) is 5.75 Å². The first-order valence-electron chi connectivity index (χ1n) is 5.71. The zero-order valence-corrected chi connectivity index (χ0v) is 10.7. The van der Waals surface area contributed by atoms with Gasteiger partial charge in [-0.2, -0.15) is 0 Å². The molecule has 1 aromatic carbocycles. The molecule has 18 heavy (non-hydrogen) atoms. The maximum absolute atomic E-state index is 11.7. The first-order valence-corrected chi connectivity index (χ1v) is 5.71. The molecule has 5 nitrogen and oxygen atoms in total. The van der Waals surface area contributed by atoms with Crippen LogP contribution < -0.4 is 10.1 Å². The summed E-state index contributed by atoms with van der Waals surface area (Å²) in [5.74, 6) is -0.181. The van der Waals surface area contributed by atoms with E-state index < -0.39 is 12.1 Å². The van der Waals surface area contributed by atoms with Crippen molar-refractivity contribution >= 4 is 11.9 Å². The number of nitrogens with one attached hydrogen (secondary N) is 1. The van der Waals surface area contributed by atoms with Crippen LogP contribution in [-0.4, -0.2) is 31.6 Å². The van der Waals surface area contributed by atoms with Gasteiger partial charge in [0.05, 0.1) is 12.7 Å². The Morgan fingerprint density at radius 2 is 1.89 bits per heavy atom. The molecule has 1 atom stereocenters. The minimum Gasteiger partial charge on any atom is -0.497 e. The van der Waals surface area contributed by atoms with E-state index in [1.165, 1.54) is 6.92 Å². The molecule has 0 spiro atoms.